The molecule has 0 fully saturated rings. The number of nitrogens with zero attached hydrogens (tertiary/aromatic N) is 2. The number of H-pyrrole nitrogens is 1. The molecule has 0 radical (unpaired) electrons. The van der Waals surface area contributed by atoms with E-state index < -0.39 is 8.63 Å². The van der Waals surface area contributed by atoms with Gasteiger partial charge < -0.3 is 0 Å². The molecule has 1 aromatic heterocycles. The summed E-state index contributed by atoms with van der Waals surface area (Å²) >= 11 is 0. The number of fused-ring (bicyclic) bond motifs is 1. The summed E-state index contributed by atoms with van der Waals surface area (Å²) in [6.45, 7) is 0. The Balaban J connectivity index is 0.000000168. The van der Waals surface area contributed by atoms with Gasteiger partial charge in [0.15, 0.2) is 0 Å². The van der Waals surface area contributed by atoms with Gasteiger partial charge in [0, 0.05) is 0 Å². The Morgan fingerprint density at radius 3 is 1.44 bits per heavy atom. The molecule has 0 unspecified atom stereocenters. The van der Waals surface area contributed by atoms with Crippen molar-refractivity contribution in [3.8, 4) is 0 Å². The average molecular weight is 261 g/mol. The van der Waals surface area contributed by atoms with Crippen molar-refractivity contribution in [3.63, 3.8) is 0 Å². The molecule has 0 aliphatic heterocycles. The van der Waals surface area contributed by atoms with Gasteiger partial charge in [0.25, 0.3) is 0 Å². The van der Waals surface area contributed by atoms with Gasteiger partial charge in [0.2, 0.25) is 0 Å². The number of hydrogen-bond donors (Lipinski definition) is 1. The zero-order valence-electron chi connectivity index (χ0n) is 7.47. The molecule has 0 aliphatic rings. The second kappa shape index (κ2) is 2.96. The third-order valence-electron chi connectivity index (χ3n) is 1.22. The first-order chi connectivity index (χ1) is 6.92. The summed E-state index contributed by atoms with van der Waals surface area (Å²) in [5.74, 6) is 0. The van der Waals surface area contributed by atoms with E-state index in [1.54, 1.807) is 0 Å². The topological polar surface area (TPSA) is 41.6 Å². The molecule has 1 aromatic carbocycles. The van der Waals surface area contributed by atoms with Crippen LogP contribution in [-0.2, 0) is 0 Å². The van der Waals surface area contributed by atoms with Gasteiger partial charge in [-0.05, 0) is 12.1 Å². The number of aromatic amines is 1. The summed E-state index contributed by atoms with van der Waals surface area (Å²) in [4.78, 5) is 0. The van der Waals surface area contributed by atoms with Gasteiger partial charge in [0.1, 0.15) is 11.0 Å². The van der Waals surface area contributed by atoms with Gasteiger partial charge in [-0.25, -0.2) is 0 Å². The van der Waals surface area contributed by atoms with Gasteiger partial charge >= 0.3 is 33.3 Å². The van der Waals surface area contributed by atoms with Crippen LogP contribution < -0.4 is 0 Å². The van der Waals surface area contributed by atoms with E-state index in [0.29, 0.717) is 0 Å². The molecule has 0 atom stereocenters. The van der Waals surface area contributed by atoms with E-state index in [9.17, 15) is 24.6 Å². The van der Waals surface area contributed by atoms with E-state index >= 15 is 0 Å². The minimum Gasteiger partial charge on any atom is -0.197 e. The van der Waals surface area contributed by atoms with Crippen molar-refractivity contribution >= 4 is 19.7 Å². The fourth-order valence-electron chi connectivity index (χ4n) is 0.786. The van der Waals surface area contributed by atoms with Crippen LogP contribution in [0.5, 0.6) is 0 Å². The molecule has 1 N–H and O–H groups in total. The SMILES string of the molecule is F[Si-2](F)(F)(F)(F)F.c1ccc2n[nH]nc2c1. The first kappa shape index (κ1) is 12.5. The van der Waals surface area contributed by atoms with Gasteiger partial charge in [-0.1, -0.05) is 12.1 Å². The Morgan fingerprint density at radius 1 is 0.812 bits per heavy atom. The van der Waals surface area contributed by atoms with Gasteiger partial charge in [-0.3, -0.25) is 0 Å². The first-order valence-electron chi connectivity index (χ1n) is 3.86. The van der Waals surface area contributed by atoms with Crippen molar-refractivity contribution in [2.75, 3.05) is 0 Å². The summed E-state index contributed by atoms with van der Waals surface area (Å²) in [6.07, 6.45) is 0. The number of aromatic nitrogens is 3. The second-order valence-electron chi connectivity index (χ2n) is 2.88. The van der Waals surface area contributed by atoms with Gasteiger partial charge in [0.05, 0.1) is 0 Å². The average Bonchev–Trinajstić information content (AvgIpc) is 2.44. The van der Waals surface area contributed by atoms with Crippen LogP contribution in [-0.4, -0.2) is 24.0 Å². The number of benzene rings is 1. The van der Waals surface area contributed by atoms with Crippen molar-refractivity contribution in [2.24, 2.45) is 0 Å². The molecule has 0 saturated carbocycles. The van der Waals surface area contributed by atoms with E-state index in [2.05, 4.69) is 15.4 Å². The summed E-state index contributed by atoms with van der Waals surface area (Å²) < 4.78 is 59.3. The second-order valence-corrected chi connectivity index (χ2v) is 5.03. The Kier molecular flexibility index (Phi) is 2.31. The Labute approximate surface area is 84.9 Å². The van der Waals surface area contributed by atoms with Crippen molar-refractivity contribution in [1.82, 2.24) is 15.4 Å². The van der Waals surface area contributed by atoms with E-state index in [0.717, 1.165) is 11.0 Å². The van der Waals surface area contributed by atoms with Crippen molar-refractivity contribution in [2.45, 2.75) is 0 Å². The largest absolute Gasteiger partial charge is 0.197 e. The molecule has 92 valence electrons. The number of halogens is 6. The molecule has 3 nitrogen and oxygen atoms in total. The zero-order chi connectivity index (χ0) is 12.5. The molecule has 16 heavy (non-hydrogen) atoms. The molecule has 2 rings (SSSR count). The van der Waals surface area contributed by atoms with Crippen molar-refractivity contribution in [1.29, 1.82) is 0 Å². The molecule has 0 aliphatic carbocycles. The number of hydrogen-bond acceptors (Lipinski definition) is 2. The minimum absolute atomic E-state index is 0.914. The molecule has 0 bridgehead atoms. The van der Waals surface area contributed by atoms with E-state index in [-0.39, 0.29) is 0 Å². The summed E-state index contributed by atoms with van der Waals surface area (Å²) in [7, 11) is -10.8. The summed E-state index contributed by atoms with van der Waals surface area (Å²) in [6, 6.07) is 7.70. The molecule has 1 heterocycles. The molecule has 2 aromatic rings. The Hall–Kier alpha value is -1.58. The molecule has 0 spiro atoms. The van der Waals surface area contributed by atoms with Gasteiger partial charge in [-0.2, -0.15) is 15.4 Å². The molecule has 0 saturated heterocycles. The Morgan fingerprint density at radius 2 is 1.12 bits per heavy atom. The van der Waals surface area contributed by atoms with Crippen molar-refractivity contribution < 1.29 is 24.6 Å². The maximum Gasteiger partial charge on any atom is 0.112 e. The van der Waals surface area contributed by atoms with Crippen LogP contribution in [0.3, 0.4) is 0 Å². The fraction of sp³-hybridized carbons (Fsp3) is 0. The normalized spacial score (nSPS) is 15.9. The molecule has 10 heteroatoms. The smallest absolute Gasteiger partial charge is 0.112 e. The van der Waals surface area contributed by atoms with E-state index in [1.807, 2.05) is 24.3 Å². The predicted octanol–water partition coefficient (Wildman–Crippen LogP) is 3.10. The van der Waals surface area contributed by atoms with Crippen LogP contribution in [0.2, 0.25) is 0 Å². The quantitative estimate of drug-likeness (QED) is 0.450. The summed E-state index contributed by atoms with van der Waals surface area (Å²) in [5, 5.41) is 10.3. The third kappa shape index (κ3) is 6.81. The number of nitrogens with one attached hydrogen (secondary N) is 1. The minimum atomic E-state index is -10.8. The fourth-order valence-corrected chi connectivity index (χ4v) is 0.786. The molecular formula is C6H5F6N3Si-2. The molecule has 0 amide bonds. The van der Waals surface area contributed by atoms with Crippen LogP contribution in [0, 0.1) is 0 Å². The number of rotatable bonds is 0. The van der Waals surface area contributed by atoms with E-state index in [1.165, 1.54) is 0 Å². The van der Waals surface area contributed by atoms with Crippen molar-refractivity contribution in [3.05, 3.63) is 24.3 Å². The Bertz CT molecular complexity index is 447. The molecular weight excluding hydrogens is 256 g/mol. The van der Waals surface area contributed by atoms with Crippen LogP contribution in [0.15, 0.2) is 24.3 Å². The predicted molar refractivity (Wildman–Crippen MR) is 46.3 cm³/mol. The maximum absolute atomic E-state index is 10.8. The van der Waals surface area contributed by atoms with E-state index in [4.69, 9.17) is 0 Å². The summed E-state index contributed by atoms with van der Waals surface area (Å²) in [5.41, 5.74) is 1.83. The van der Waals surface area contributed by atoms with Crippen LogP contribution in [0.25, 0.3) is 11.0 Å². The zero-order valence-corrected chi connectivity index (χ0v) is 8.47. The van der Waals surface area contributed by atoms with Crippen LogP contribution in [0.4, 0.5) is 24.6 Å². The number of para-hydroxylation sites is 2. The third-order valence-corrected chi connectivity index (χ3v) is 1.22. The van der Waals surface area contributed by atoms with Crippen LogP contribution in [0.1, 0.15) is 0 Å². The maximum atomic E-state index is 9.88. The standard InChI is InChI=1S/C6H5N3.F6Si/c1-2-4-6-5(3-1)7-9-8-6;1-7(2,3,4,5)6/h1-4H,(H,7,8,9);/q;-2. The van der Waals surface area contributed by atoms with Crippen LogP contribution >= 0.6 is 0 Å². The first-order valence-corrected chi connectivity index (χ1v) is 6.12. The monoisotopic (exact) mass is 261 g/mol. The van der Waals surface area contributed by atoms with Gasteiger partial charge in [-0.15, -0.1) is 0 Å².